The Kier molecular flexibility index (Phi) is 6.59. The molecule has 7 heteroatoms. The number of ether oxygens (including phenoxy) is 1. The number of fused-ring (bicyclic) bond motifs is 1. The number of aryl methyl sites for hydroxylation is 1. The first-order valence-electron chi connectivity index (χ1n) is 10.6. The van der Waals surface area contributed by atoms with Gasteiger partial charge in [-0.3, -0.25) is 14.7 Å². The van der Waals surface area contributed by atoms with Gasteiger partial charge in [0.05, 0.1) is 18.2 Å². The zero-order valence-corrected chi connectivity index (χ0v) is 18.4. The number of nitrogens with zero attached hydrogens (tertiary/aromatic N) is 2. The van der Waals surface area contributed by atoms with Crippen molar-refractivity contribution >= 4 is 39.8 Å². The van der Waals surface area contributed by atoms with Gasteiger partial charge >= 0.3 is 0 Å². The first-order valence-corrected chi connectivity index (χ1v) is 11.0. The fraction of sp³-hybridized carbons (Fsp3) is 0.333. The van der Waals surface area contributed by atoms with Crippen LogP contribution in [-0.2, 0) is 4.79 Å². The molecule has 31 heavy (non-hydrogen) atoms. The number of amides is 1. The molecule has 4 rings (SSSR count). The molecule has 1 amide bonds. The van der Waals surface area contributed by atoms with Gasteiger partial charge in [-0.05, 0) is 81.3 Å². The molecule has 1 saturated heterocycles. The summed E-state index contributed by atoms with van der Waals surface area (Å²) in [6.07, 6.45) is 2.73. The largest absolute Gasteiger partial charge is 0.494 e. The van der Waals surface area contributed by atoms with Crippen molar-refractivity contribution in [1.29, 1.82) is 0 Å². The lowest BCUT2D eigenvalue weighted by Gasteiger charge is -2.23. The van der Waals surface area contributed by atoms with Crippen molar-refractivity contribution in [3.63, 3.8) is 0 Å². The van der Waals surface area contributed by atoms with E-state index in [1.807, 2.05) is 55.5 Å². The molecule has 0 bridgehead atoms. The molecule has 6 nitrogen and oxygen atoms in total. The Morgan fingerprint density at radius 1 is 1.26 bits per heavy atom. The third kappa shape index (κ3) is 5.27. The molecule has 1 fully saturated rings. The van der Waals surface area contributed by atoms with Gasteiger partial charge in [0.2, 0.25) is 5.91 Å². The first-order chi connectivity index (χ1) is 15.0. The smallest absolute Gasteiger partial charge is 0.241 e. The number of nitrogens with one attached hydrogen (secondary N) is 1. The van der Waals surface area contributed by atoms with Crippen LogP contribution < -0.4 is 15.8 Å². The second-order valence-electron chi connectivity index (χ2n) is 7.92. The van der Waals surface area contributed by atoms with Crippen molar-refractivity contribution in [1.82, 2.24) is 9.88 Å². The van der Waals surface area contributed by atoms with Crippen LogP contribution in [0.3, 0.4) is 0 Å². The van der Waals surface area contributed by atoms with Crippen molar-refractivity contribution in [3.05, 3.63) is 59.2 Å². The summed E-state index contributed by atoms with van der Waals surface area (Å²) < 4.78 is 5.77. The van der Waals surface area contributed by atoms with Gasteiger partial charge in [-0.15, -0.1) is 0 Å². The van der Waals surface area contributed by atoms with E-state index in [0.29, 0.717) is 17.3 Å². The van der Waals surface area contributed by atoms with Crippen LogP contribution in [-0.4, -0.2) is 41.5 Å². The lowest BCUT2D eigenvalue weighted by Crippen LogP contribution is -2.40. The van der Waals surface area contributed by atoms with Crippen LogP contribution in [0.25, 0.3) is 10.9 Å². The summed E-state index contributed by atoms with van der Waals surface area (Å²) in [6, 6.07) is 14.8. The summed E-state index contributed by atoms with van der Waals surface area (Å²) >= 11 is 5.90. The fourth-order valence-electron chi connectivity index (χ4n) is 4.07. The summed E-state index contributed by atoms with van der Waals surface area (Å²) in [5.41, 5.74) is 9.26. The highest BCUT2D eigenvalue weighted by Gasteiger charge is 2.30. The molecule has 1 atom stereocenters. The lowest BCUT2D eigenvalue weighted by atomic mass is 10.1. The molecule has 1 aliphatic rings. The molecular formula is C24H27ClN4O2. The van der Waals surface area contributed by atoms with Gasteiger partial charge in [0, 0.05) is 34.0 Å². The minimum absolute atomic E-state index is 0.0223. The van der Waals surface area contributed by atoms with Crippen LogP contribution in [0.2, 0.25) is 5.02 Å². The third-order valence-electron chi connectivity index (χ3n) is 5.57. The van der Waals surface area contributed by atoms with E-state index in [1.54, 1.807) is 0 Å². The fourth-order valence-corrected chi connectivity index (χ4v) is 4.20. The van der Waals surface area contributed by atoms with Crippen LogP contribution in [0.5, 0.6) is 5.75 Å². The zero-order valence-electron chi connectivity index (χ0n) is 17.6. The maximum Gasteiger partial charge on any atom is 0.241 e. The maximum absolute atomic E-state index is 12.9. The lowest BCUT2D eigenvalue weighted by molar-refractivity contribution is -0.120. The number of carbonyl (C=O) groups is 1. The van der Waals surface area contributed by atoms with Crippen molar-refractivity contribution in [2.75, 3.05) is 30.7 Å². The Morgan fingerprint density at radius 3 is 2.87 bits per heavy atom. The minimum Gasteiger partial charge on any atom is -0.494 e. The predicted octanol–water partition coefficient (Wildman–Crippen LogP) is 4.65. The number of benzene rings is 2. The maximum atomic E-state index is 12.9. The summed E-state index contributed by atoms with van der Waals surface area (Å²) in [7, 11) is 0. The predicted molar refractivity (Wildman–Crippen MR) is 126 cm³/mol. The van der Waals surface area contributed by atoms with E-state index in [2.05, 4.69) is 15.2 Å². The monoisotopic (exact) mass is 438 g/mol. The molecule has 3 N–H and O–H groups in total. The Balaban J connectivity index is 1.32. The minimum atomic E-state index is -0.125. The highest BCUT2D eigenvalue weighted by atomic mass is 35.5. The number of nitrogen functional groups attached to an aromatic ring is 1. The first kappa shape index (κ1) is 21.4. The van der Waals surface area contributed by atoms with Crippen LogP contribution >= 0.6 is 11.6 Å². The second kappa shape index (κ2) is 9.54. The number of aromatic nitrogens is 1. The van der Waals surface area contributed by atoms with Gasteiger partial charge in [0.25, 0.3) is 0 Å². The standard InChI is InChI=1S/C24H27ClN4O2/c1-16-14-21(26)20-15-18(7-10-22(20)27-16)28-24(30)23-4-2-11-29(23)12-3-13-31-19-8-5-17(25)6-9-19/h5-10,14-15,23H,2-4,11-13H2,1H3,(H2,26,27)(H,28,30)/t23-/m0/s1. The van der Waals surface area contributed by atoms with Gasteiger partial charge in [-0.2, -0.15) is 0 Å². The Labute approximate surface area is 187 Å². The van der Waals surface area contributed by atoms with Gasteiger partial charge in [0.15, 0.2) is 0 Å². The summed E-state index contributed by atoms with van der Waals surface area (Å²) in [5.74, 6) is 0.828. The van der Waals surface area contributed by atoms with E-state index in [4.69, 9.17) is 22.1 Å². The van der Waals surface area contributed by atoms with Crippen molar-refractivity contribution in [2.24, 2.45) is 0 Å². The summed E-state index contributed by atoms with van der Waals surface area (Å²) in [6.45, 7) is 4.26. The van der Waals surface area contributed by atoms with E-state index < -0.39 is 0 Å². The molecule has 0 saturated carbocycles. The number of carbonyl (C=O) groups excluding carboxylic acids is 1. The third-order valence-corrected chi connectivity index (χ3v) is 5.83. The molecule has 0 spiro atoms. The van der Waals surface area contributed by atoms with Gasteiger partial charge in [0.1, 0.15) is 5.75 Å². The number of hydrogen-bond acceptors (Lipinski definition) is 5. The van der Waals surface area contributed by atoms with E-state index in [1.165, 1.54) is 0 Å². The molecular weight excluding hydrogens is 412 g/mol. The van der Waals surface area contributed by atoms with E-state index >= 15 is 0 Å². The molecule has 162 valence electrons. The number of likely N-dealkylation sites (tertiary alicyclic amines) is 1. The number of rotatable bonds is 7. The summed E-state index contributed by atoms with van der Waals surface area (Å²) in [5, 5.41) is 4.61. The van der Waals surface area contributed by atoms with Crippen molar-refractivity contribution in [2.45, 2.75) is 32.2 Å². The molecule has 1 aliphatic heterocycles. The van der Waals surface area contributed by atoms with E-state index in [-0.39, 0.29) is 11.9 Å². The average molecular weight is 439 g/mol. The quantitative estimate of drug-likeness (QED) is 0.525. The van der Waals surface area contributed by atoms with Crippen molar-refractivity contribution < 1.29 is 9.53 Å². The highest BCUT2D eigenvalue weighted by molar-refractivity contribution is 6.30. The molecule has 0 radical (unpaired) electrons. The second-order valence-corrected chi connectivity index (χ2v) is 8.36. The highest BCUT2D eigenvalue weighted by Crippen LogP contribution is 2.25. The number of nitrogens with two attached hydrogens (primary N) is 1. The Hall–Kier alpha value is -2.83. The zero-order chi connectivity index (χ0) is 21.8. The molecule has 1 aromatic heterocycles. The SMILES string of the molecule is Cc1cc(N)c2cc(NC(=O)[C@@H]3CCCN3CCCOc3ccc(Cl)cc3)ccc2n1. The van der Waals surface area contributed by atoms with Crippen LogP contribution in [0.4, 0.5) is 11.4 Å². The van der Waals surface area contributed by atoms with Crippen LogP contribution in [0.1, 0.15) is 25.0 Å². The number of pyridine rings is 1. The molecule has 3 aromatic rings. The Morgan fingerprint density at radius 2 is 2.06 bits per heavy atom. The summed E-state index contributed by atoms with van der Waals surface area (Å²) in [4.78, 5) is 19.7. The molecule has 2 aromatic carbocycles. The van der Waals surface area contributed by atoms with Crippen LogP contribution in [0.15, 0.2) is 48.5 Å². The molecule has 2 heterocycles. The number of halogens is 1. The molecule has 0 unspecified atom stereocenters. The van der Waals surface area contributed by atoms with Crippen molar-refractivity contribution in [3.8, 4) is 5.75 Å². The van der Waals surface area contributed by atoms with E-state index in [9.17, 15) is 4.79 Å². The van der Waals surface area contributed by atoms with E-state index in [0.717, 1.165) is 60.4 Å². The van der Waals surface area contributed by atoms with Gasteiger partial charge < -0.3 is 15.8 Å². The average Bonchev–Trinajstić information content (AvgIpc) is 3.22. The Bertz CT molecular complexity index is 1070. The topological polar surface area (TPSA) is 80.5 Å². The number of hydrogen-bond donors (Lipinski definition) is 2. The van der Waals surface area contributed by atoms with Crippen LogP contribution in [0, 0.1) is 6.92 Å². The molecule has 0 aliphatic carbocycles. The van der Waals surface area contributed by atoms with Gasteiger partial charge in [-0.25, -0.2) is 0 Å². The normalized spacial score (nSPS) is 16.5. The number of anilines is 2. The van der Waals surface area contributed by atoms with Gasteiger partial charge in [-0.1, -0.05) is 11.6 Å².